The Morgan fingerprint density at radius 3 is 2.41 bits per heavy atom. The van der Waals surface area contributed by atoms with Crippen molar-refractivity contribution in [2.45, 2.75) is 18.6 Å². The van der Waals surface area contributed by atoms with Gasteiger partial charge in [-0.05, 0) is 13.0 Å². The van der Waals surface area contributed by atoms with Crippen LogP contribution in [0.5, 0.6) is 0 Å². The van der Waals surface area contributed by atoms with Crippen molar-refractivity contribution in [3.63, 3.8) is 0 Å². The minimum Gasteiger partial charge on any atom is -0.383 e. The molecule has 6 nitrogen and oxygen atoms in total. The van der Waals surface area contributed by atoms with Gasteiger partial charge >= 0.3 is 6.18 Å². The number of nitrogens with one attached hydrogen (secondary N) is 2. The summed E-state index contributed by atoms with van der Waals surface area (Å²) in [7, 11) is -2.87. The van der Waals surface area contributed by atoms with Gasteiger partial charge in [0.1, 0.15) is 6.54 Å². The number of ether oxygens (including phenoxy) is 1. The number of hydrogen-bond acceptors (Lipinski definition) is 4. The normalized spacial score (nSPS) is 14.9. The van der Waals surface area contributed by atoms with E-state index < -0.39 is 29.0 Å². The summed E-state index contributed by atoms with van der Waals surface area (Å²) in [5, 5.41) is 0. The van der Waals surface area contributed by atoms with Crippen molar-refractivity contribution in [2.24, 2.45) is 5.73 Å². The standard InChI is InChI=1S/C7H16F3N3O3S/c1-16-4-6(2-3-11)13-17(14,15)12-5-7(8,9)10/h6,12-13H,2-5,11H2,1H3. The summed E-state index contributed by atoms with van der Waals surface area (Å²) in [6.45, 7) is -1.40. The highest BCUT2D eigenvalue weighted by Gasteiger charge is 2.30. The first-order chi connectivity index (χ1) is 7.70. The molecule has 0 aliphatic rings. The first-order valence-electron chi connectivity index (χ1n) is 4.73. The fourth-order valence-corrected chi connectivity index (χ4v) is 2.08. The Morgan fingerprint density at radius 1 is 1.41 bits per heavy atom. The zero-order valence-electron chi connectivity index (χ0n) is 9.25. The van der Waals surface area contributed by atoms with E-state index in [1.807, 2.05) is 4.72 Å². The lowest BCUT2D eigenvalue weighted by Crippen LogP contribution is -2.47. The smallest absolute Gasteiger partial charge is 0.383 e. The largest absolute Gasteiger partial charge is 0.402 e. The summed E-state index contributed by atoms with van der Waals surface area (Å²) < 4.78 is 66.0. The van der Waals surface area contributed by atoms with Gasteiger partial charge in [0.15, 0.2) is 0 Å². The molecule has 0 saturated carbocycles. The Morgan fingerprint density at radius 2 is 2.00 bits per heavy atom. The molecule has 1 unspecified atom stereocenters. The van der Waals surface area contributed by atoms with E-state index in [2.05, 4.69) is 0 Å². The number of alkyl halides is 3. The molecule has 0 fully saturated rings. The van der Waals surface area contributed by atoms with E-state index in [0.29, 0.717) is 0 Å². The maximum Gasteiger partial charge on any atom is 0.402 e. The Balaban J connectivity index is 4.30. The van der Waals surface area contributed by atoms with Gasteiger partial charge in [-0.3, -0.25) is 0 Å². The topological polar surface area (TPSA) is 93.4 Å². The molecule has 104 valence electrons. The average Bonchev–Trinajstić information content (AvgIpc) is 2.14. The monoisotopic (exact) mass is 279 g/mol. The van der Waals surface area contributed by atoms with Gasteiger partial charge in [0.05, 0.1) is 6.61 Å². The van der Waals surface area contributed by atoms with Crippen LogP contribution in [-0.2, 0) is 14.9 Å². The molecule has 0 saturated heterocycles. The molecule has 0 rings (SSSR count). The van der Waals surface area contributed by atoms with Crippen LogP contribution in [0.4, 0.5) is 13.2 Å². The molecule has 0 bridgehead atoms. The van der Waals surface area contributed by atoms with Crippen molar-refractivity contribution in [3.8, 4) is 0 Å². The predicted octanol–water partition coefficient (Wildman–Crippen LogP) is -0.663. The SMILES string of the molecule is COCC(CCN)NS(=O)(=O)NCC(F)(F)F. The molecule has 1 atom stereocenters. The van der Waals surface area contributed by atoms with Crippen molar-refractivity contribution in [2.75, 3.05) is 26.8 Å². The Kier molecular flexibility index (Phi) is 6.94. The summed E-state index contributed by atoms with van der Waals surface area (Å²) >= 11 is 0. The molecule has 17 heavy (non-hydrogen) atoms. The molecule has 0 aromatic heterocycles. The number of nitrogens with two attached hydrogens (primary N) is 1. The zero-order chi connectivity index (χ0) is 13.5. The van der Waals surface area contributed by atoms with Gasteiger partial charge in [-0.1, -0.05) is 0 Å². The van der Waals surface area contributed by atoms with Crippen LogP contribution in [0.25, 0.3) is 0 Å². The van der Waals surface area contributed by atoms with Crippen LogP contribution in [0, 0.1) is 0 Å². The number of halogens is 3. The van der Waals surface area contributed by atoms with E-state index in [9.17, 15) is 21.6 Å². The summed E-state index contributed by atoms with van der Waals surface area (Å²) in [4.78, 5) is 0. The van der Waals surface area contributed by atoms with Gasteiger partial charge < -0.3 is 10.5 Å². The third kappa shape index (κ3) is 9.30. The van der Waals surface area contributed by atoms with Gasteiger partial charge in [0.2, 0.25) is 0 Å². The summed E-state index contributed by atoms with van der Waals surface area (Å²) in [5.74, 6) is 0. The lowest BCUT2D eigenvalue weighted by molar-refractivity contribution is -0.121. The third-order valence-corrected chi connectivity index (χ3v) is 2.84. The van der Waals surface area contributed by atoms with E-state index >= 15 is 0 Å². The second kappa shape index (κ2) is 7.11. The molecule has 0 heterocycles. The minimum atomic E-state index is -4.60. The van der Waals surface area contributed by atoms with Crippen LogP contribution < -0.4 is 15.2 Å². The van der Waals surface area contributed by atoms with Crippen LogP contribution in [-0.4, -0.2) is 47.4 Å². The molecule has 4 N–H and O–H groups in total. The molecule has 0 aliphatic heterocycles. The number of hydrogen-bond donors (Lipinski definition) is 3. The van der Waals surface area contributed by atoms with Gasteiger partial charge in [-0.2, -0.15) is 31.0 Å². The van der Waals surface area contributed by atoms with Crippen LogP contribution in [0.15, 0.2) is 0 Å². The van der Waals surface area contributed by atoms with Crippen LogP contribution in [0.3, 0.4) is 0 Å². The van der Waals surface area contributed by atoms with Gasteiger partial charge in [0, 0.05) is 13.2 Å². The summed E-state index contributed by atoms with van der Waals surface area (Å²) in [6.07, 6.45) is -4.33. The van der Waals surface area contributed by atoms with E-state index in [-0.39, 0.29) is 19.6 Å². The third-order valence-electron chi connectivity index (χ3n) is 1.67. The Bertz CT molecular complexity index is 301. The first kappa shape index (κ1) is 16.6. The van der Waals surface area contributed by atoms with Crippen molar-refractivity contribution < 1.29 is 26.3 Å². The molecule has 0 amide bonds. The molecular formula is C7H16F3N3O3S. The molecule has 0 aliphatic carbocycles. The van der Waals surface area contributed by atoms with Crippen molar-refractivity contribution >= 4 is 10.2 Å². The fourth-order valence-electron chi connectivity index (χ4n) is 1.02. The highest BCUT2D eigenvalue weighted by Crippen LogP contribution is 2.12. The van der Waals surface area contributed by atoms with E-state index in [1.54, 1.807) is 0 Å². The van der Waals surface area contributed by atoms with Crippen LogP contribution >= 0.6 is 0 Å². The van der Waals surface area contributed by atoms with Crippen LogP contribution in [0.1, 0.15) is 6.42 Å². The van der Waals surface area contributed by atoms with Crippen molar-refractivity contribution in [1.29, 1.82) is 0 Å². The van der Waals surface area contributed by atoms with Crippen molar-refractivity contribution in [3.05, 3.63) is 0 Å². The molecule has 0 radical (unpaired) electrons. The Labute approximate surface area is 97.9 Å². The molecule has 0 aromatic carbocycles. The van der Waals surface area contributed by atoms with E-state index in [1.165, 1.54) is 11.8 Å². The molecule has 0 aromatic rings. The first-order valence-corrected chi connectivity index (χ1v) is 6.21. The molecular weight excluding hydrogens is 263 g/mol. The predicted molar refractivity (Wildman–Crippen MR) is 55.4 cm³/mol. The number of methoxy groups -OCH3 is 1. The maximum atomic E-state index is 11.8. The van der Waals surface area contributed by atoms with Gasteiger partial charge in [-0.25, -0.2) is 0 Å². The highest BCUT2D eigenvalue weighted by atomic mass is 32.2. The maximum absolute atomic E-state index is 11.8. The van der Waals surface area contributed by atoms with Gasteiger partial charge in [-0.15, -0.1) is 0 Å². The second-order valence-electron chi connectivity index (χ2n) is 3.29. The molecule has 0 spiro atoms. The van der Waals surface area contributed by atoms with Gasteiger partial charge in [0.25, 0.3) is 10.2 Å². The fraction of sp³-hybridized carbons (Fsp3) is 1.00. The minimum absolute atomic E-state index is 0.0319. The number of rotatable bonds is 8. The van der Waals surface area contributed by atoms with E-state index in [4.69, 9.17) is 10.5 Å². The lowest BCUT2D eigenvalue weighted by Gasteiger charge is -2.17. The molecule has 10 heteroatoms. The van der Waals surface area contributed by atoms with Crippen LogP contribution in [0.2, 0.25) is 0 Å². The quantitative estimate of drug-likeness (QED) is 0.549. The second-order valence-corrected chi connectivity index (χ2v) is 4.82. The summed E-state index contributed by atoms with van der Waals surface area (Å²) in [6, 6.07) is -0.657. The van der Waals surface area contributed by atoms with E-state index in [0.717, 1.165) is 0 Å². The average molecular weight is 279 g/mol. The highest BCUT2D eigenvalue weighted by molar-refractivity contribution is 7.87. The zero-order valence-corrected chi connectivity index (χ0v) is 10.1. The van der Waals surface area contributed by atoms with Crippen molar-refractivity contribution in [1.82, 2.24) is 9.44 Å². The summed E-state index contributed by atoms with van der Waals surface area (Å²) in [5.41, 5.74) is 5.23. The Hall–Kier alpha value is -0.420. The lowest BCUT2D eigenvalue weighted by atomic mass is 10.2.